The summed E-state index contributed by atoms with van der Waals surface area (Å²) < 4.78 is 5.56. The molecule has 0 aliphatic rings. The van der Waals surface area contributed by atoms with Gasteiger partial charge in [0.25, 0.3) is 0 Å². The van der Waals surface area contributed by atoms with Gasteiger partial charge in [0.1, 0.15) is 4.88 Å². The molecule has 1 heterocycles. The van der Waals surface area contributed by atoms with Crippen molar-refractivity contribution in [3.8, 4) is 0 Å². The fraction of sp³-hybridized carbons (Fsp3) is 0.100. The van der Waals surface area contributed by atoms with E-state index in [1.54, 1.807) is 12.1 Å². The fourth-order valence-electron chi connectivity index (χ4n) is 1.30. The molecule has 3 nitrogen and oxygen atoms in total. The van der Waals surface area contributed by atoms with E-state index < -0.39 is 0 Å². The lowest BCUT2D eigenvalue weighted by Crippen LogP contribution is -1.96. The molecule has 0 radical (unpaired) electrons. The minimum absolute atomic E-state index is 0.356. The molecule has 0 atom stereocenters. The Bertz CT molecular complexity index is 535. The first-order valence-corrected chi connectivity index (χ1v) is 5.38. The van der Waals surface area contributed by atoms with E-state index in [9.17, 15) is 4.79 Å². The number of halogens is 1. The summed E-state index contributed by atoms with van der Waals surface area (Å²) in [5, 5.41) is 1.28. The highest BCUT2D eigenvalue weighted by molar-refractivity contribution is 7.20. The fourth-order valence-corrected chi connectivity index (χ4v) is 2.56. The van der Waals surface area contributed by atoms with Crippen molar-refractivity contribution in [1.82, 2.24) is 0 Å². The lowest BCUT2D eigenvalue weighted by Gasteiger charge is -1.97. The van der Waals surface area contributed by atoms with Gasteiger partial charge in [0.15, 0.2) is 0 Å². The van der Waals surface area contributed by atoms with Gasteiger partial charge in [-0.15, -0.1) is 11.3 Å². The van der Waals surface area contributed by atoms with Gasteiger partial charge < -0.3 is 10.5 Å². The Morgan fingerprint density at radius 3 is 2.93 bits per heavy atom. The second-order valence-corrected chi connectivity index (χ2v) is 4.44. The molecule has 0 aliphatic carbocycles. The first-order chi connectivity index (χ1) is 7.13. The number of carbonyl (C=O) groups excluding carboxylic acids is 1. The molecular formula is C10H8ClNO2S. The third-order valence-corrected chi connectivity index (χ3v) is 3.55. The summed E-state index contributed by atoms with van der Waals surface area (Å²) >= 11 is 7.36. The van der Waals surface area contributed by atoms with E-state index in [2.05, 4.69) is 4.74 Å². The van der Waals surface area contributed by atoms with E-state index in [-0.39, 0.29) is 5.97 Å². The molecule has 1 aromatic carbocycles. The number of nitrogens with two attached hydrogens (primary N) is 1. The van der Waals surface area contributed by atoms with Gasteiger partial charge in [-0.3, -0.25) is 0 Å². The van der Waals surface area contributed by atoms with Crippen LogP contribution in [0.3, 0.4) is 0 Å². The summed E-state index contributed by atoms with van der Waals surface area (Å²) in [5.74, 6) is -0.356. The van der Waals surface area contributed by atoms with E-state index in [1.807, 2.05) is 6.07 Å². The summed E-state index contributed by atoms with van der Waals surface area (Å²) in [4.78, 5) is 11.8. The van der Waals surface area contributed by atoms with Crippen molar-refractivity contribution in [1.29, 1.82) is 0 Å². The maximum atomic E-state index is 11.3. The minimum Gasteiger partial charge on any atom is -0.465 e. The average Bonchev–Trinajstić information content (AvgIpc) is 2.67. The molecule has 0 aliphatic heterocycles. The minimum atomic E-state index is -0.356. The molecule has 0 spiro atoms. The van der Waals surface area contributed by atoms with Crippen LogP contribution < -0.4 is 5.73 Å². The second kappa shape index (κ2) is 3.72. The Kier molecular flexibility index (Phi) is 2.54. The smallest absolute Gasteiger partial charge is 0.348 e. The third-order valence-electron chi connectivity index (χ3n) is 2.05. The highest BCUT2D eigenvalue weighted by Crippen LogP contribution is 2.34. The quantitative estimate of drug-likeness (QED) is 0.617. The Morgan fingerprint density at radius 2 is 2.27 bits per heavy atom. The van der Waals surface area contributed by atoms with E-state index in [0.29, 0.717) is 15.6 Å². The predicted molar refractivity (Wildman–Crippen MR) is 62.6 cm³/mol. The molecule has 2 rings (SSSR count). The normalized spacial score (nSPS) is 10.5. The van der Waals surface area contributed by atoms with Crippen LogP contribution in [-0.2, 0) is 4.74 Å². The molecule has 78 valence electrons. The van der Waals surface area contributed by atoms with Crippen molar-refractivity contribution in [3.63, 3.8) is 0 Å². The maximum absolute atomic E-state index is 11.3. The van der Waals surface area contributed by atoms with Gasteiger partial charge in [-0.25, -0.2) is 4.79 Å². The zero-order valence-corrected chi connectivity index (χ0v) is 9.48. The Morgan fingerprint density at radius 1 is 1.53 bits per heavy atom. The van der Waals surface area contributed by atoms with Crippen LogP contribution in [0.2, 0.25) is 5.02 Å². The summed E-state index contributed by atoms with van der Waals surface area (Å²) in [6, 6.07) is 5.26. The number of ether oxygens (including phenoxy) is 1. The summed E-state index contributed by atoms with van der Waals surface area (Å²) in [7, 11) is 1.35. The number of benzene rings is 1. The van der Waals surface area contributed by atoms with Crippen LogP contribution in [0, 0.1) is 0 Å². The van der Waals surface area contributed by atoms with E-state index in [1.165, 1.54) is 18.4 Å². The van der Waals surface area contributed by atoms with E-state index >= 15 is 0 Å². The van der Waals surface area contributed by atoms with Crippen LogP contribution in [-0.4, -0.2) is 13.1 Å². The van der Waals surface area contributed by atoms with Gasteiger partial charge in [0.05, 0.1) is 17.8 Å². The molecule has 15 heavy (non-hydrogen) atoms. The van der Waals surface area contributed by atoms with Gasteiger partial charge in [0, 0.05) is 10.1 Å². The zero-order valence-electron chi connectivity index (χ0n) is 7.91. The number of methoxy groups -OCH3 is 1. The second-order valence-electron chi connectivity index (χ2n) is 2.98. The van der Waals surface area contributed by atoms with Crippen LogP contribution in [0.1, 0.15) is 9.67 Å². The zero-order chi connectivity index (χ0) is 11.0. The van der Waals surface area contributed by atoms with Crippen molar-refractivity contribution < 1.29 is 9.53 Å². The lowest BCUT2D eigenvalue weighted by atomic mass is 10.2. The topological polar surface area (TPSA) is 52.3 Å². The Labute approximate surface area is 95.4 Å². The van der Waals surface area contributed by atoms with Crippen molar-refractivity contribution in [2.24, 2.45) is 0 Å². The molecule has 0 saturated carbocycles. The van der Waals surface area contributed by atoms with Crippen molar-refractivity contribution in [3.05, 3.63) is 28.1 Å². The molecular weight excluding hydrogens is 234 g/mol. The molecule has 0 unspecified atom stereocenters. The molecule has 1 aromatic heterocycles. The monoisotopic (exact) mass is 241 g/mol. The number of rotatable bonds is 1. The highest BCUT2D eigenvalue weighted by atomic mass is 35.5. The first kappa shape index (κ1) is 10.3. The molecule has 5 heteroatoms. The third kappa shape index (κ3) is 1.66. The Hall–Kier alpha value is -1.26. The SMILES string of the molecule is COC(=O)c1cc2c(Cl)c(N)ccc2s1. The largest absolute Gasteiger partial charge is 0.465 e. The first-order valence-electron chi connectivity index (χ1n) is 4.19. The summed E-state index contributed by atoms with van der Waals surface area (Å²) in [6.07, 6.45) is 0. The van der Waals surface area contributed by atoms with Crippen LogP contribution >= 0.6 is 22.9 Å². The van der Waals surface area contributed by atoms with Crippen molar-refractivity contribution in [2.75, 3.05) is 12.8 Å². The molecule has 2 aromatic rings. The number of hydrogen-bond donors (Lipinski definition) is 1. The molecule has 0 fully saturated rings. The highest BCUT2D eigenvalue weighted by Gasteiger charge is 2.12. The number of hydrogen-bond acceptors (Lipinski definition) is 4. The number of anilines is 1. The average molecular weight is 242 g/mol. The number of carbonyl (C=O) groups is 1. The van der Waals surface area contributed by atoms with Gasteiger partial charge >= 0.3 is 5.97 Å². The number of thiophene rings is 1. The van der Waals surface area contributed by atoms with Gasteiger partial charge in [-0.05, 0) is 18.2 Å². The van der Waals surface area contributed by atoms with Crippen LogP contribution in [0.4, 0.5) is 5.69 Å². The number of nitrogen functional groups attached to an aromatic ring is 1. The molecule has 2 N–H and O–H groups in total. The van der Waals surface area contributed by atoms with Crippen LogP contribution in [0.15, 0.2) is 18.2 Å². The maximum Gasteiger partial charge on any atom is 0.348 e. The lowest BCUT2D eigenvalue weighted by molar-refractivity contribution is 0.0606. The molecule has 0 bridgehead atoms. The van der Waals surface area contributed by atoms with Crippen LogP contribution in [0.25, 0.3) is 10.1 Å². The predicted octanol–water partition coefficient (Wildman–Crippen LogP) is 2.92. The van der Waals surface area contributed by atoms with Gasteiger partial charge in [0.2, 0.25) is 0 Å². The van der Waals surface area contributed by atoms with Crippen LogP contribution in [0.5, 0.6) is 0 Å². The molecule has 0 saturated heterocycles. The summed E-state index contributed by atoms with van der Waals surface area (Å²) in [6.45, 7) is 0. The number of esters is 1. The summed E-state index contributed by atoms with van der Waals surface area (Å²) in [5.41, 5.74) is 6.17. The standard InChI is InChI=1S/C10H8ClNO2S/c1-14-10(13)8-4-5-7(15-8)3-2-6(12)9(5)11/h2-4H,12H2,1H3. The van der Waals surface area contributed by atoms with E-state index in [0.717, 1.165) is 10.1 Å². The molecule has 0 amide bonds. The van der Waals surface area contributed by atoms with Crippen molar-refractivity contribution >= 4 is 44.7 Å². The van der Waals surface area contributed by atoms with Gasteiger partial charge in [-0.2, -0.15) is 0 Å². The Balaban J connectivity index is 2.66. The van der Waals surface area contributed by atoms with E-state index in [4.69, 9.17) is 17.3 Å². The van der Waals surface area contributed by atoms with Gasteiger partial charge in [-0.1, -0.05) is 11.6 Å². The van der Waals surface area contributed by atoms with Crippen molar-refractivity contribution in [2.45, 2.75) is 0 Å². The number of fused-ring (bicyclic) bond motifs is 1.